The molecule has 5 nitrogen and oxygen atoms in total. The van der Waals surface area contributed by atoms with Gasteiger partial charge in [-0.1, -0.05) is 25.4 Å². The minimum atomic E-state index is -1.09. The average molecular weight is 232 g/mol. The Morgan fingerprint density at radius 3 is 2.67 bits per heavy atom. The first kappa shape index (κ1) is 12.0. The molecule has 84 valence electrons. The van der Waals surface area contributed by atoms with Crippen LogP contribution in [0.1, 0.15) is 35.8 Å². The molecule has 15 heavy (non-hydrogen) atoms. The zero-order valence-corrected chi connectivity index (χ0v) is 9.38. The summed E-state index contributed by atoms with van der Waals surface area (Å²) in [6.07, 6.45) is 0. The maximum Gasteiger partial charge on any atom is 0.356 e. The summed E-state index contributed by atoms with van der Waals surface area (Å²) >= 11 is 5.87. The van der Waals surface area contributed by atoms with E-state index in [0.717, 1.165) is 0 Å². The Kier molecular flexibility index (Phi) is 3.71. The van der Waals surface area contributed by atoms with Crippen LogP contribution in [0.4, 0.5) is 0 Å². The first-order chi connectivity index (χ1) is 6.99. The largest absolute Gasteiger partial charge is 0.476 e. The van der Waals surface area contributed by atoms with Gasteiger partial charge in [-0.05, 0) is 12.5 Å². The Bertz CT molecular complexity index is 362. The van der Waals surface area contributed by atoms with Gasteiger partial charge in [0.15, 0.2) is 5.69 Å². The first-order valence-electron chi connectivity index (χ1n) is 4.66. The monoisotopic (exact) mass is 231 g/mol. The number of aromatic carboxylic acids is 1. The van der Waals surface area contributed by atoms with E-state index < -0.39 is 5.97 Å². The molecule has 0 aromatic carbocycles. The van der Waals surface area contributed by atoms with Crippen molar-refractivity contribution in [2.75, 3.05) is 6.54 Å². The van der Waals surface area contributed by atoms with Crippen LogP contribution < -0.4 is 5.73 Å². The van der Waals surface area contributed by atoms with Gasteiger partial charge in [0.25, 0.3) is 0 Å². The van der Waals surface area contributed by atoms with E-state index in [1.54, 1.807) is 0 Å². The molecule has 0 amide bonds. The van der Waals surface area contributed by atoms with Gasteiger partial charge < -0.3 is 10.8 Å². The summed E-state index contributed by atoms with van der Waals surface area (Å²) in [6.45, 7) is 4.27. The Balaban J connectivity index is 3.20. The van der Waals surface area contributed by atoms with Crippen molar-refractivity contribution in [1.82, 2.24) is 10.2 Å². The second kappa shape index (κ2) is 4.63. The maximum absolute atomic E-state index is 10.9. The van der Waals surface area contributed by atoms with Crippen LogP contribution in [-0.4, -0.2) is 27.8 Å². The van der Waals surface area contributed by atoms with E-state index in [1.165, 1.54) is 0 Å². The van der Waals surface area contributed by atoms with E-state index >= 15 is 0 Å². The number of rotatable bonds is 4. The second-order valence-electron chi connectivity index (χ2n) is 3.69. The number of carboxylic acids is 1. The summed E-state index contributed by atoms with van der Waals surface area (Å²) in [6, 6.07) is 0. The first-order valence-corrected chi connectivity index (χ1v) is 5.04. The van der Waals surface area contributed by atoms with Crippen molar-refractivity contribution in [1.29, 1.82) is 0 Å². The molecule has 0 saturated carbocycles. The number of hydrogen-bond acceptors (Lipinski definition) is 3. The average Bonchev–Trinajstić information content (AvgIpc) is 2.49. The molecule has 1 atom stereocenters. The molecule has 0 spiro atoms. The lowest BCUT2D eigenvalue weighted by molar-refractivity contribution is 0.0688. The fourth-order valence-electron chi connectivity index (χ4n) is 1.55. The van der Waals surface area contributed by atoms with Crippen LogP contribution in [0.2, 0.25) is 5.15 Å². The zero-order chi connectivity index (χ0) is 11.6. The predicted octanol–water partition coefficient (Wildman–Crippen LogP) is 1.46. The lowest BCUT2D eigenvalue weighted by Gasteiger charge is -2.18. The highest BCUT2D eigenvalue weighted by Crippen LogP contribution is 2.30. The van der Waals surface area contributed by atoms with Crippen LogP contribution in [-0.2, 0) is 0 Å². The summed E-state index contributed by atoms with van der Waals surface area (Å²) in [5.41, 5.74) is 6.07. The third-order valence-electron chi connectivity index (χ3n) is 2.39. The molecule has 0 aliphatic carbocycles. The molecule has 1 rings (SSSR count). The number of carboxylic acid groups (broad SMARTS) is 1. The van der Waals surface area contributed by atoms with Crippen LogP contribution in [0.5, 0.6) is 0 Å². The number of hydrogen-bond donors (Lipinski definition) is 3. The molecular formula is C9H14ClN3O2. The van der Waals surface area contributed by atoms with E-state index in [2.05, 4.69) is 10.2 Å². The van der Waals surface area contributed by atoms with E-state index in [9.17, 15) is 4.79 Å². The molecule has 1 heterocycles. The van der Waals surface area contributed by atoms with Gasteiger partial charge in [0.1, 0.15) is 5.15 Å². The van der Waals surface area contributed by atoms with Gasteiger partial charge in [0.05, 0.1) is 0 Å². The molecule has 1 aromatic rings. The molecule has 0 aliphatic heterocycles. The van der Waals surface area contributed by atoms with Crippen molar-refractivity contribution in [3.63, 3.8) is 0 Å². The van der Waals surface area contributed by atoms with Crippen LogP contribution in [0.25, 0.3) is 0 Å². The van der Waals surface area contributed by atoms with Gasteiger partial charge >= 0.3 is 5.97 Å². The molecule has 0 bridgehead atoms. The molecule has 0 fully saturated rings. The predicted molar refractivity (Wildman–Crippen MR) is 57.2 cm³/mol. The molecule has 0 saturated heterocycles. The third kappa shape index (κ3) is 2.30. The van der Waals surface area contributed by atoms with Gasteiger partial charge in [-0.15, -0.1) is 0 Å². The molecular weight excluding hydrogens is 218 g/mol. The molecule has 1 aromatic heterocycles. The number of halogens is 1. The number of nitrogens with one attached hydrogen (secondary N) is 1. The third-order valence-corrected chi connectivity index (χ3v) is 2.68. The lowest BCUT2D eigenvalue weighted by atomic mass is 9.89. The quantitative estimate of drug-likeness (QED) is 0.732. The van der Waals surface area contributed by atoms with Crippen LogP contribution in [0.15, 0.2) is 0 Å². The highest BCUT2D eigenvalue weighted by atomic mass is 35.5. The Hall–Kier alpha value is -1.07. The highest BCUT2D eigenvalue weighted by molar-refractivity contribution is 6.30. The summed E-state index contributed by atoms with van der Waals surface area (Å²) in [4.78, 5) is 10.9. The van der Waals surface area contributed by atoms with Crippen molar-refractivity contribution in [3.8, 4) is 0 Å². The van der Waals surface area contributed by atoms with Crippen molar-refractivity contribution in [2.24, 2.45) is 11.7 Å². The lowest BCUT2D eigenvalue weighted by Crippen LogP contribution is -2.20. The molecule has 6 heteroatoms. The number of aromatic nitrogens is 2. The Morgan fingerprint density at radius 1 is 1.67 bits per heavy atom. The second-order valence-corrected chi connectivity index (χ2v) is 4.07. The zero-order valence-electron chi connectivity index (χ0n) is 8.62. The van der Waals surface area contributed by atoms with Crippen molar-refractivity contribution in [3.05, 3.63) is 16.4 Å². The standard InChI is InChI=1S/C9H14ClN3O2/c1-4(2)5(3-11)6-7(9(14)15)12-13-8(6)10/h4-5H,3,11H2,1-2H3,(H,12,13)(H,14,15). The molecule has 4 N–H and O–H groups in total. The van der Waals surface area contributed by atoms with E-state index in [-0.39, 0.29) is 22.7 Å². The summed E-state index contributed by atoms with van der Waals surface area (Å²) in [7, 11) is 0. The number of nitrogens with two attached hydrogens (primary N) is 1. The van der Waals surface area contributed by atoms with Crippen molar-refractivity contribution in [2.45, 2.75) is 19.8 Å². The smallest absolute Gasteiger partial charge is 0.356 e. The van der Waals surface area contributed by atoms with E-state index in [0.29, 0.717) is 12.1 Å². The SMILES string of the molecule is CC(C)C(CN)c1c(C(=O)O)n[nH]c1Cl. The molecule has 0 aliphatic rings. The topological polar surface area (TPSA) is 92.0 Å². The van der Waals surface area contributed by atoms with Crippen LogP contribution in [0.3, 0.4) is 0 Å². The number of nitrogens with zero attached hydrogens (tertiary/aromatic N) is 1. The summed E-state index contributed by atoms with van der Waals surface area (Å²) in [5.74, 6) is -0.974. The van der Waals surface area contributed by atoms with Crippen molar-refractivity contribution < 1.29 is 9.90 Å². The number of H-pyrrole nitrogens is 1. The fraction of sp³-hybridized carbons (Fsp3) is 0.556. The van der Waals surface area contributed by atoms with Gasteiger partial charge in [-0.25, -0.2) is 4.79 Å². The molecule has 1 unspecified atom stereocenters. The minimum Gasteiger partial charge on any atom is -0.476 e. The Morgan fingerprint density at radius 2 is 2.27 bits per heavy atom. The van der Waals surface area contributed by atoms with E-state index in [4.69, 9.17) is 22.4 Å². The summed E-state index contributed by atoms with van der Waals surface area (Å²) in [5, 5.41) is 15.3. The van der Waals surface area contributed by atoms with Crippen LogP contribution >= 0.6 is 11.6 Å². The van der Waals surface area contributed by atoms with Crippen LogP contribution in [0, 0.1) is 5.92 Å². The number of aromatic amines is 1. The number of carbonyl (C=O) groups is 1. The fourth-order valence-corrected chi connectivity index (χ4v) is 1.83. The maximum atomic E-state index is 10.9. The van der Waals surface area contributed by atoms with E-state index in [1.807, 2.05) is 13.8 Å². The minimum absolute atomic E-state index is 0.0378. The van der Waals surface area contributed by atoms with Gasteiger partial charge in [0, 0.05) is 11.5 Å². The Labute approximate surface area is 92.6 Å². The van der Waals surface area contributed by atoms with Gasteiger partial charge in [-0.3, -0.25) is 5.10 Å². The van der Waals surface area contributed by atoms with Gasteiger partial charge in [-0.2, -0.15) is 5.10 Å². The summed E-state index contributed by atoms with van der Waals surface area (Å²) < 4.78 is 0. The van der Waals surface area contributed by atoms with Crippen molar-refractivity contribution >= 4 is 17.6 Å². The van der Waals surface area contributed by atoms with Gasteiger partial charge in [0.2, 0.25) is 0 Å². The normalized spacial score (nSPS) is 13.1. The molecule has 0 radical (unpaired) electrons. The highest BCUT2D eigenvalue weighted by Gasteiger charge is 2.26.